The molecule has 7 heteroatoms. The molecule has 0 bridgehead atoms. The summed E-state index contributed by atoms with van der Waals surface area (Å²) in [6.07, 6.45) is 0. The van der Waals surface area contributed by atoms with Crippen LogP contribution >= 0.6 is 11.6 Å². The zero-order chi connectivity index (χ0) is 18.7. The highest BCUT2D eigenvalue weighted by Crippen LogP contribution is 2.33. The van der Waals surface area contributed by atoms with Gasteiger partial charge in [0.2, 0.25) is 0 Å². The van der Waals surface area contributed by atoms with Crippen LogP contribution in [0, 0.1) is 29.9 Å². The number of benzene rings is 2. The molecular weight excluding hydrogens is 362 g/mol. The van der Waals surface area contributed by atoms with E-state index < -0.39 is 23.4 Å². The van der Waals surface area contributed by atoms with Crippen LogP contribution in [0.25, 0.3) is 0 Å². The van der Waals surface area contributed by atoms with E-state index in [4.69, 9.17) is 26.3 Å². The highest BCUT2D eigenvalue weighted by Gasteiger charge is 2.21. The van der Waals surface area contributed by atoms with Gasteiger partial charge in [0.1, 0.15) is 11.5 Å². The van der Waals surface area contributed by atoms with Gasteiger partial charge in [-0.05, 0) is 43.3 Å². The number of ether oxygens (including phenoxy) is 2. The van der Waals surface area contributed by atoms with E-state index in [0.29, 0.717) is 10.6 Å². The fourth-order valence-corrected chi connectivity index (χ4v) is 2.31. The molecule has 26 heavy (non-hydrogen) atoms. The van der Waals surface area contributed by atoms with Crippen LogP contribution in [0.15, 0.2) is 48.5 Å². The molecule has 2 aromatic carbocycles. The summed E-state index contributed by atoms with van der Waals surface area (Å²) in [6.45, 7) is 1.25. The lowest BCUT2D eigenvalue weighted by atomic mass is 10.2. The molecule has 1 heterocycles. The van der Waals surface area contributed by atoms with Gasteiger partial charge in [-0.3, -0.25) is 0 Å². The lowest BCUT2D eigenvalue weighted by Gasteiger charge is -2.12. The summed E-state index contributed by atoms with van der Waals surface area (Å²) in [5.74, 6) is -2.37. The van der Waals surface area contributed by atoms with Crippen molar-refractivity contribution in [1.82, 2.24) is 4.98 Å². The van der Waals surface area contributed by atoms with Gasteiger partial charge in [-0.15, -0.1) is 0 Å². The maximum Gasteiger partial charge on any atom is 0.259 e. The Hall–Kier alpha value is -3.17. The van der Waals surface area contributed by atoms with Crippen LogP contribution in [-0.4, -0.2) is 4.98 Å². The topological polar surface area (TPSA) is 55.1 Å². The van der Waals surface area contributed by atoms with Crippen LogP contribution in [0.3, 0.4) is 0 Å². The Balaban J connectivity index is 1.98. The third kappa shape index (κ3) is 3.73. The second kappa shape index (κ2) is 7.38. The Bertz CT molecular complexity index is 1020. The lowest BCUT2D eigenvalue weighted by molar-refractivity contribution is 0.373. The van der Waals surface area contributed by atoms with Crippen LogP contribution in [0.4, 0.5) is 8.78 Å². The van der Waals surface area contributed by atoms with E-state index in [1.54, 1.807) is 30.3 Å². The number of hydrogen-bond donors (Lipinski definition) is 0. The molecular formula is C19H11ClF2N2O2. The summed E-state index contributed by atoms with van der Waals surface area (Å²) in [5.41, 5.74) is 0.0283. The predicted molar refractivity (Wildman–Crippen MR) is 91.6 cm³/mol. The molecule has 0 unspecified atom stereocenters. The Morgan fingerprint density at radius 1 is 0.962 bits per heavy atom. The van der Waals surface area contributed by atoms with E-state index in [-0.39, 0.29) is 17.1 Å². The molecule has 1 aromatic heterocycles. The first kappa shape index (κ1) is 17.6. The van der Waals surface area contributed by atoms with Crippen molar-refractivity contribution in [3.8, 4) is 29.3 Å². The second-order valence-corrected chi connectivity index (χ2v) is 5.71. The van der Waals surface area contributed by atoms with Gasteiger partial charge in [0.25, 0.3) is 11.8 Å². The average molecular weight is 373 g/mol. The first-order chi connectivity index (χ1) is 12.5. The highest BCUT2D eigenvalue weighted by atomic mass is 35.5. The van der Waals surface area contributed by atoms with Crippen molar-refractivity contribution in [2.75, 3.05) is 0 Å². The van der Waals surface area contributed by atoms with E-state index in [9.17, 15) is 8.78 Å². The molecule has 0 aliphatic rings. The van der Waals surface area contributed by atoms with Gasteiger partial charge in [0, 0.05) is 10.6 Å². The second-order valence-electron chi connectivity index (χ2n) is 5.28. The fourth-order valence-electron chi connectivity index (χ4n) is 2.13. The first-order valence-electron chi connectivity index (χ1n) is 7.45. The minimum atomic E-state index is -0.955. The van der Waals surface area contributed by atoms with E-state index in [0.717, 1.165) is 0 Å². The Labute approximate surface area is 153 Å². The third-order valence-corrected chi connectivity index (χ3v) is 3.66. The zero-order valence-corrected chi connectivity index (χ0v) is 14.2. The van der Waals surface area contributed by atoms with Crippen molar-refractivity contribution in [1.29, 1.82) is 5.26 Å². The molecule has 0 aliphatic carbocycles. The van der Waals surface area contributed by atoms with Gasteiger partial charge in [0.05, 0.1) is 11.6 Å². The van der Waals surface area contributed by atoms with Crippen LogP contribution in [0.2, 0.25) is 5.02 Å². The van der Waals surface area contributed by atoms with Gasteiger partial charge >= 0.3 is 0 Å². The van der Waals surface area contributed by atoms with Gasteiger partial charge < -0.3 is 9.47 Å². The van der Waals surface area contributed by atoms with Crippen molar-refractivity contribution in [2.45, 2.75) is 6.92 Å². The molecule has 0 saturated heterocycles. The number of halogens is 3. The van der Waals surface area contributed by atoms with Gasteiger partial charge in [-0.2, -0.15) is 10.2 Å². The van der Waals surface area contributed by atoms with E-state index in [2.05, 4.69) is 4.98 Å². The van der Waals surface area contributed by atoms with Gasteiger partial charge in [-0.25, -0.2) is 8.78 Å². The standard InChI is InChI=1S/C19H11ClF2N2O2/c1-11-16(21)18(25-14-6-2-4-12(8-14)10-23)24-19(17(11)22)26-15-7-3-5-13(20)9-15/h2-9H,1H3. The molecule has 130 valence electrons. The molecule has 0 radical (unpaired) electrons. The van der Waals surface area contributed by atoms with E-state index in [1.807, 2.05) is 6.07 Å². The summed E-state index contributed by atoms with van der Waals surface area (Å²) in [4.78, 5) is 3.79. The Morgan fingerprint density at radius 2 is 1.54 bits per heavy atom. The summed E-state index contributed by atoms with van der Waals surface area (Å²) < 4.78 is 39.4. The number of nitrogens with zero attached hydrogens (tertiary/aromatic N) is 2. The van der Waals surface area contributed by atoms with Crippen LogP contribution in [0.5, 0.6) is 23.3 Å². The van der Waals surface area contributed by atoms with Crippen molar-refractivity contribution in [3.63, 3.8) is 0 Å². The van der Waals surface area contributed by atoms with Crippen LogP contribution in [-0.2, 0) is 0 Å². The van der Waals surface area contributed by atoms with Crippen LogP contribution < -0.4 is 9.47 Å². The van der Waals surface area contributed by atoms with Gasteiger partial charge in [-0.1, -0.05) is 23.7 Å². The highest BCUT2D eigenvalue weighted by molar-refractivity contribution is 6.30. The van der Waals surface area contributed by atoms with Crippen molar-refractivity contribution >= 4 is 11.6 Å². The molecule has 3 rings (SSSR count). The number of aromatic nitrogens is 1. The molecule has 0 amide bonds. The molecule has 4 nitrogen and oxygen atoms in total. The molecule has 3 aromatic rings. The average Bonchev–Trinajstić information content (AvgIpc) is 2.64. The first-order valence-corrected chi connectivity index (χ1v) is 7.82. The molecule has 0 fully saturated rings. The molecule has 0 spiro atoms. The lowest BCUT2D eigenvalue weighted by Crippen LogP contribution is -2.02. The Kier molecular flexibility index (Phi) is 5.01. The summed E-state index contributed by atoms with van der Waals surface area (Å²) >= 11 is 5.87. The number of nitriles is 1. The minimum Gasteiger partial charge on any atom is -0.436 e. The van der Waals surface area contributed by atoms with Crippen LogP contribution in [0.1, 0.15) is 11.1 Å². The zero-order valence-electron chi connectivity index (χ0n) is 13.5. The molecule has 0 aliphatic heterocycles. The van der Waals surface area contributed by atoms with E-state index >= 15 is 0 Å². The maximum absolute atomic E-state index is 14.3. The molecule has 0 atom stereocenters. The molecule has 0 N–H and O–H groups in total. The van der Waals surface area contributed by atoms with Crippen molar-refractivity contribution < 1.29 is 18.3 Å². The monoisotopic (exact) mass is 372 g/mol. The number of pyridine rings is 1. The number of hydrogen-bond acceptors (Lipinski definition) is 4. The normalized spacial score (nSPS) is 10.3. The van der Waals surface area contributed by atoms with Crippen molar-refractivity contribution in [2.24, 2.45) is 0 Å². The van der Waals surface area contributed by atoms with E-state index in [1.165, 1.54) is 25.1 Å². The Morgan fingerprint density at radius 3 is 2.12 bits per heavy atom. The van der Waals surface area contributed by atoms with Gasteiger partial charge in [0.15, 0.2) is 11.6 Å². The largest absolute Gasteiger partial charge is 0.436 e. The fraction of sp³-hybridized carbons (Fsp3) is 0.0526. The third-order valence-electron chi connectivity index (χ3n) is 3.43. The summed E-state index contributed by atoms with van der Waals surface area (Å²) in [6, 6.07) is 14.3. The maximum atomic E-state index is 14.3. The smallest absolute Gasteiger partial charge is 0.259 e. The SMILES string of the molecule is Cc1c(F)c(Oc2cccc(Cl)c2)nc(Oc2cccc(C#N)c2)c1F. The van der Waals surface area contributed by atoms with Crippen molar-refractivity contribution in [3.05, 3.63) is 76.3 Å². The summed E-state index contributed by atoms with van der Waals surface area (Å²) in [7, 11) is 0. The quantitative estimate of drug-likeness (QED) is 0.582. The minimum absolute atomic E-state index is 0.190. The molecule has 0 saturated carbocycles. The predicted octanol–water partition coefficient (Wildman–Crippen LogP) is 5.78. The summed E-state index contributed by atoms with van der Waals surface area (Å²) in [5, 5.41) is 9.31. The number of rotatable bonds is 4.